The molecule has 4 heteroatoms. The number of hydrogen-bond acceptors (Lipinski definition) is 3. The molecule has 0 saturated carbocycles. The van der Waals surface area contributed by atoms with Gasteiger partial charge in [0.05, 0.1) is 0 Å². The number of carbonyl (C=O) groups is 1. The molecule has 0 bridgehead atoms. The first kappa shape index (κ1) is 11.2. The van der Waals surface area contributed by atoms with Gasteiger partial charge in [-0.05, 0) is 26.0 Å². The summed E-state index contributed by atoms with van der Waals surface area (Å²) < 4.78 is 0. The molecule has 1 rings (SSSR count). The Hall–Kier alpha value is -1.84. The summed E-state index contributed by atoms with van der Waals surface area (Å²) in [6.07, 6.45) is 2.85. The molecule has 0 atom stereocenters. The third-order valence-corrected chi connectivity index (χ3v) is 1.65. The van der Waals surface area contributed by atoms with Crippen molar-refractivity contribution in [3.8, 4) is 0 Å². The van der Waals surface area contributed by atoms with Gasteiger partial charge >= 0.3 is 0 Å². The maximum Gasteiger partial charge on any atom is 0.248 e. The maximum absolute atomic E-state index is 11.0. The monoisotopic (exact) mass is 205 g/mol. The second-order valence-electron chi connectivity index (χ2n) is 3.42. The van der Waals surface area contributed by atoms with Crippen LogP contribution in [0, 0.1) is 0 Å². The van der Waals surface area contributed by atoms with Gasteiger partial charge < -0.3 is 10.6 Å². The molecule has 0 saturated heterocycles. The number of pyridine rings is 1. The molecule has 0 aliphatic heterocycles. The highest BCUT2D eigenvalue weighted by Crippen LogP contribution is 2.12. The number of aromatic nitrogens is 1. The van der Waals surface area contributed by atoms with Crippen LogP contribution in [-0.2, 0) is 4.79 Å². The fraction of sp³-hybridized carbons (Fsp3) is 0.273. The molecule has 4 nitrogen and oxygen atoms in total. The summed E-state index contributed by atoms with van der Waals surface area (Å²) in [5, 5.41) is 5.82. The van der Waals surface area contributed by atoms with Crippen molar-refractivity contribution in [2.45, 2.75) is 19.9 Å². The Kier molecular flexibility index (Phi) is 3.85. The van der Waals surface area contributed by atoms with Gasteiger partial charge in [-0.3, -0.25) is 4.79 Å². The van der Waals surface area contributed by atoms with E-state index in [4.69, 9.17) is 0 Å². The normalized spacial score (nSPS) is 9.80. The number of carbonyl (C=O) groups excluding carboxylic acids is 1. The topological polar surface area (TPSA) is 54.0 Å². The lowest BCUT2D eigenvalue weighted by atomic mass is 10.3. The molecular weight excluding hydrogens is 190 g/mol. The van der Waals surface area contributed by atoms with Crippen LogP contribution >= 0.6 is 0 Å². The van der Waals surface area contributed by atoms with Crippen LogP contribution in [0.15, 0.2) is 31.0 Å². The number of nitrogens with zero attached hydrogens (tertiary/aromatic N) is 1. The molecule has 1 aromatic rings. The van der Waals surface area contributed by atoms with E-state index in [0.29, 0.717) is 11.9 Å². The third-order valence-electron chi connectivity index (χ3n) is 1.65. The van der Waals surface area contributed by atoms with E-state index in [-0.39, 0.29) is 5.91 Å². The first-order valence-corrected chi connectivity index (χ1v) is 4.78. The Bertz CT molecular complexity index is 361. The van der Waals surface area contributed by atoms with Gasteiger partial charge in [0, 0.05) is 24.0 Å². The van der Waals surface area contributed by atoms with E-state index in [1.807, 2.05) is 19.9 Å². The average Bonchev–Trinajstić information content (AvgIpc) is 2.17. The summed E-state index contributed by atoms with van der Waals surface area (Å²) in [4.78, 5) is 15.0. The molecule has 0 radical (unpaired) electrons. The second kappa shape index (κ2) is 5.14. The van der Waals surface area contributed by atoms with Crippen molar-refractivity contribution in [3.05, 3.63) is 31.0 Å². The highest BCUT2D eigenvalue weighted by atomic mass is 16.1. The minimum Gasteiger partial charge on any atom is -0.383 e. The van der Waals surface area contributed by atoms with Gasteiger partial charge in [0.2, 0.25) is 5.91 Å². The summed E-state index contributed by atoms with van der Waals surface area (Å²) in [7, 11) is 0. The molecule has 0 unspecified atom stereocenters. The lowest BCUT2D eigenvalue weighted by molar-refractivity contribution is -0.111. The zero-order chi connectivity index (χ0) is 11.3. The van der Waals surface area contributed by atoms with Crippen molar-refractivity contribution in [2.75, 3.05) is 10.6 Å². The third kappa shape index (κ3) is 3.81. The standard InChI is InChI=1S/C11H15N3O/c1-4-11(15)14-10-7-9(5-6-12-10)13-8(2)3/h4-8H,1H2,2-3H3,(H2,12,13,14,15). The lowest BCUT2D eigenvalue weighted by Gasteiger charge is -2.10. The molecule has 15 heavy (non-hydrogen) atoms. The Morgan fingerprint density at radius 1 is 1.60 bits per heavy atom. The molecule has 0 aromatic carbocycles. The van der Waals surface area contributed by atoms with E-state index in [0.717, 1.165) is 5.69 Å². The number of anilines is 2. The van der Waals surface area contributed by atoms with Crippen molar-refractivity contribution in [3.63, 3.8) is 0 Å². The Morgan fingerprint density at radius 2 is 2.33 bits per heavy atom. The number of hydrogen-bond donors (Lipinski definition) is 2. The van der Waals surface area contributed by atoms with Crippen molar-refractivity contribution in [1.82, 2.24) is 4.98 Å². The SMILES string of the molecule is C=CC(=O)Nc1cc(NC(C)C)ccn1. The number of amides is 1. The fourth-order valence-electron chi connectivity index (χ4n) is 1.10. The Labute approximate surface area is 89.4 Å². The van der Waals surface area contributed by atoms with Crippen molar-refractivity contribution < 1.29 is 4.79 Å². The van der Waals surface area contributed by atoms with Gasteiger partial charge in [0.1, 0.15) is 5.82 Å². The van der Waals surface area contributed by atoms with Crippen molar-refractivity contribution >= 4 is 17.4 Å². The first-order valence-electron chi connectivity index (χ1n) is 4.78. The van der Waals surface area contributed by atoms with Gasteiger partial charge in [0.25, 0.3) is 0 Å². The number of nitrogens with one attached hydrogen (secondary N) is 2. The predicted octanol–water partition coefficient (Wildman–Crippen LogP) is 2.03. The minimum atomic E-state index is -0.260. The predicted molar refractivity (Wildman–Crippen MR) is 61.8 cm³/mol. The summed E-state index contributed by atoms with van der Waals surface area (Å²) in [5.74, 6) is 0.259. The molecule has 0 spiro atoms. The Morgan fingerprint density at radius 3 is 2.93 bits per heavy atom. The van der Waals surface area contributed by atoms with Crippen molar-refractivity contribution in [1.29, 1.82) is 0 Å². The molecule has 1 aromatic heterocycles. The van der Waals surface area contributed by atoms with Crippen LogP contribution in [-0.4, -0.2) is 16.9 Å². The van der Waals surface area contributed by atoms with E-state index < -0.39 is 0 Å². The molecule has 80 valence electrons. The first-order chi connectivity index (χ1) is 7.11. The van der Waals surface area contributed by atoms with Crippen LogP contribution < -0.4 is 10.6 Å². The van der Waals surface area contributed by atoms with E-state index >= 15 is 0 Å². The van der Waals surface area contributed by atoms with Gasteiger partial charge in [-0.15, -0.1) is 0 Å². The quantitative estimate of drug-likeness (QED) is 0.739. The second-order valence-corrected chi connectivity index (χ2v) is 3.42. The zero-order valence-electron chi connectivity index (χ0n) is 8.95. The molecule has 2 N–H and O–H groups in total. The van der Waals surface area contributed by atoms with Gasteiger partial charge in [0.15, 0.2) is 0 Å². The van der Waals surface area contributed by atoms with Crippen LogP contribution in [0.3, 0.4) is 0 Å². The largest absolute Gasteiger partial charge is 0.383 e. The molecule has 0 fully saturated rings. The summed E-state index contributed by atoms with van der Waals surface area (Å²) in [6, 6.07) is 3.97. The minimum absolute atomic E-state index is 0.260. The maximum atomic E-state index is 11.0. The van der Waals surface area contributed by atoms with E-state index in [2.05, 4.69) is 22.2 Å². The molecule has 1 heterocycles. The fourth-order valence-corrected chi connectivity index (χ4v) is 1.10. The highest BCUT2D eigenvalue weighted by Gasteiger charge is 2.00. The lowest BCUT2D eigenvalue weighted by Crippen LogP contribution is -2.12. The van der Waals surface area contributed by atoms with Crippen LogP contribution in [0.5, 0.6) is 0 Å². The number of rotatable bonds is 4. The molecule has 1 amide bonds. The molecule has 0 aliphatic rings. The van der Waals surface area contributed by atoms with Crippen molar-refractivity contribution in [2.24, 2.45) is 0 Å². The van der Waals surface area contributed by atoms with E-state index in [9.17, 15) is 4.79 Å². The van der Waals surface area contributed by atoms with E-state index in [1.165, 1.54) is 6.08 Å². The smallest absolute Gasteiger partial charge is 0.248 e. The van der Waals surface area contributed by atoms with Crippen LogP contribution in [0.1, 0.15) is 13.8 Å². The zero-order valence-corrected chi connectivity index (χ0v) is 8.95. The summed E-state index contributed by atoms with van der Waals surface area (Å²) in [5.41, 5.74) is 0.930. The van der Waals surface area contributed by atoms with Crippen LogP contribution in [0.4, 0.5) is 11.5 Å². The van der Waals surface area contributed by atoms with Crippen LogP contribution in [0.25, 0.3) is 0 Å². The van der Waals surface area contributed by atoms with E-state index in [1.54, 1.807) is 12.3 Å². The summed E-state index contributed by atoms with van der Waals surface area (Å²) in [6.45, 7) is 7.46. The van der Waals surface area contributed by atoms with Gasteiger partial charge in [-0.25, -0.2) is 4.98 Å². The Balaban J connectivity index is 2.73. The average molecular weight is 205 g/mol. The van der Waals surface area contributed by atoms with Gasteiger partial charge in [-0.2, -0.15) is 0 Å². The molecular formula is C11H15N3O. The van der Waals surface area contributed by atoms with Gasteiger partial charge in [-0.1, -0.05) is 6.58 Å². The highest BCUT2D eigenvalue weighted by molar-refractivity contribution is 5.98. The summed E-state index contributed by atoms with van der Waals surface area (Å²) >= 11 is 0. The van der Waals surface area contributed by atoms with Crippen LogP contribution in [0.2, 0.25) is 0 Å². The molecule has 0 aliphatic carbocycles.